The Labute approximate surface area is 114 Å². The van der Waals surface area contributed by atoms with E-state index in [4.69, 9.17) is 4.74 Å². The summed E-state index contributed by atoms with van der Waals surface area (Å²) < 4.78 is 5.38. The van der Waals surface area contributed by atoms with E-state index in [-0.39, 0.29) is 11.9 Å². The number of morpholine rings is 1. The van der Waals surface area contributed by atoms with Crippen molar-refractivity contribution in [3.63, 3.8) is 0 Å². The fourth-order valence-corrected chi connectivity index (χ4v) is 2.40. The van der Waals surface area contributed by atoms with Gasteiger partial charge in [-0.15, -0.1) is 0 Å². The number of anilines is 1. The van der Waals surface area contributed by atoms with Crippen LogP contribution in [0.25, 0.3) is 0 Å². The van der Waals surface area contributed by atoms with Gasteiger partial charge in [0, 0.05) is 24.3 Å². The Hall–Kier alpha value is -1.55. The fourth-order valence-electron chi connectivity index (χ4n) is 2.40. The molecule has 0 spiro atoms. The number of carbonyl (C=O) groups is 1. The van der Waals surface area contributed by atoms with Gasteiger partial charge in [-0.2, -0.15) is 0 Å². The van der Waals surface area contributed by atoms with Crippen LogP contribution in [-0.4, -0.2) is 43.2 Å². The molecule has 0 bridgehead atoms. The molecule has 1 fully saturated rings. The summed E-state index contributed by atoms with van der Waals surface area (Å²) in [6, 6.07) is 6.06. The molecule has 104 valence electrons. The third-order valence-electron chi connectivity index (χ3n) is 3.47. The van der Waals surface area contributed by atoms with Gasteiger partial charge >= 0.3 is 0 Å². The summed E-state index contributed by atoms with van der Waals surface area (Å²) in [7, 11) is 0. The Morgan fingerprint density at radius 1 is 1.53 bits per heavy atom. The number of carbonyl (C=O) groups excluding carboxylic acids is 1. The molecular weight excluding hydrogens is 240 g/mol. The summed E-state index contributed by atoms with van der Waals surface area (Å²) in [6.07, 6.45) is 0. The maximum absolute atomic E-state index is 12.6. The van der Waals surface area contributed by atoms with E-state index in [2.05, 4.69) is 12.2 Å². The van der Waals surface area contributed by atoms with E-state index in [0.717, 1.165) is 23.4 Å². The Kier molecular flexibility index (Phi) is 4.43. The third kappa shape index (κ3) is 3.07. The van der Waals surface area contributed by atoms with Gasteiger partial charge in [-0.1, -0.05) is 0 Å². The lowest BCUT2D eigenvalue weighted by Crippen LogP contribution is -2.47. The lowest BCUT2D eigenvalue weighted by Gasteiger charge is -2.33. The first-order valence-corrected chi connectivity index (χ1v) is 6.86. The number of ether oxygens (including phenoxy) is 1. The summed E-state index contributed by atoms with van der Waals surface area (Å²) >= 11 is 0. The van der Waals surface area contributed by atoms with E-state index < -0.39 is 0 Å². The molecule has 0 saturated carbocycles. The number of nitrogens with zero attached hydrogens (tertiary/aromatic N) is 1. The van der Waals surface area contributed by atoms with Gasteiger partial charge in [-0.05, 0) is 44.5 Å². The Morgan fingerprint density at radius 3 is 2.95 bits per heavy atom. The summed E-state index contributed by atoms with van der Waals surface area (Å²) in [4.78, 5) is 14.5. The van der Waals surface area contributed by atoms with E-state index in [1.165, 1.54) is 0 Å². The molecule has 1 aromatic carbocycles. The monoisotopic (exact) mass is 262 g/mol. The average Bonchev–Trinajstić information content (AvgIpc) is 2.39. The second kappa shape index (κ2) is 6.06. The average molecular weight is 262 g/mol. The minimum Gasteiger partial charge on any atom is -0.385 e. The summed E-state index contributed by atoms with van der Waals surface area (Å²) in [5.41, 5.74) is 2.86. The van der Waals surface area contributed by atoms with Crippen LogP contribution in [0.2, 0.25) is 0 Å². The molecule has 0 aromatic heterocycles. The normalized spacial score (nSPS) is 19.3. The van der Waals surface area contributed by atoms with Crippen molar-refractivity contribution < 1.29 is 9.53 Å². The first kappa shape index (κ1) is 13.9. The molecule has 1 aliphatic heterocycles. The molecule has 19 heavy (non-hydrogen) atoms. The summed E-state index contributed by atoms with van der Waals surface area (Å²) in [5.74, 6) is 0.108. The largest absolute Gasteiger partial charge is 0.385 e. The second-order valence-electron chi connectivity index (χ2n) is 4.98. The number of rotatable bonds is 3. The fraction of sp³-hybridized carbons (Fsp3) is 0.533. The van der Waals surface area contributed by atoms with Crippen molar-refractivity contribution in [3.8, 4) is 0 Å². The number of hydrogen-bond donors (Lipinski definition) is 1. The Bertz CT molecular complexity index is 459. The SMILES string of the molecule is CCNc1ccc(C(=O)N2CCOCC2C)c(C)c1. The Morgan fingerprint density at radius 2 is 2.32 bits per heavy atom. The lowest BCUT2D eigenvalue weighted by molar-refractivity contribution is 0.00355. The van der Waals surface area contributed by atoms with Crippen LogP contribution in [0, 0.1) is 6.92 Å². The molecule has 1 aromatic rings. The molecule has 0 aliphatic carbocycles. The quantitative estimate of drug-likeness (QED) is 0.908. The molecule has 1 amide bonds. The molecule has 2 rings (SSSR count). The van der Waals surface area contributed by atoms with Gasteiger partial charge < -0.3 is 15.0 Å². The van der Waals surface area contributed by atoms with Crippen molar-refractivity contribution >= 4 is 11.6 Å². The van der Waals surface area contributed by atoms with E-state index in [1.807, 2.05) is 36.9 Å². The maximum atomic E-state index is 12.6. The van der Waals surface area contributed by atoms with E-state index in [9.17, 15) is 4.79 Å². The van der Waals surface area contributed by atoms with Crippen LogP contribution in [0.15, 0.2) is 18.2 Å². The highest BCUT2D eigenvalue weighted by molar-refractivity contribution is 5.96. The van der Waals surface area contributed by atoms with Gasteiger partial charge in [0.2, 0.25) is 0 Å². The van der Waals surface area contributed by atoms with Crippen molar-refractivity contribution in [2.45, 2.75) is 26.8 Å². The lowest BCUT2D eigenvalue weighted by atomic mass is 10.1. The zero-order valence-corrected chi connectivity index (χ0v) is 11.9. The van der Waals surface area contributed by atoms with Gasteiger partial charge in [0.1, 0.15) is 0 Å². The first-order chi connectivity index (χ1) is 9.13. The molecular formula is C15H22N2O2. The van der Waals surface area contributed by atoms with Crippen molar-refractivity contribution in [2.24, 2.45) is 0 Å². The standard InChI is InChI=1S/C15H22N2O2/c1-4-16-13-5-6-14(11(2)9-13)15(18)17-7-8-19-10-12(17)3/h5-6,9,12,16H,4,7-8,10H2,1-3H3. The van der Waals surface area contributed by atoms with Gasteiger partial charge in [-0.3, -0.25) is 4.79 Å². The highest BCUT2D eigenvalue weighted by Crippen LogP contribution is 2.19. The highest BCUT2D eigenvalue weighted by atomic mass is 16.5. The maximum Gasteiger partial charge on any atom is 0.254 e. The highest BCUT2D eigenvalue weighted by Gasteiger charge is 2.25. The van der Waals surface area contributed by atoms with Crippen molar-refractivity contribution in [1.82, 2.24) is 4.90 Å². The van der Waals surface area contributed by atoms with E-state index in [1.54, 1.807) is 0 Å². The number of hydrogen-bond acceptors (Lipinski definition) is 3. The topological polar surface area (TPSA) is 41.6 Å². The summed E-state index contributed by atoms with van der Waals surface area (Å²) in [5, 5.41) is 3.26. The van der Waals surface area contributed by atoms with Gasteiger partial charge in [-0.25, -0.2) is 0 Å². The van der Waals surface area contributed by atoms with Crippen molar-refractivity contribution in [3.05, 3.63) is 29.3 Å². The van der Waals surface area contributed by atoms with E-state index in [0.29, 0.717) is 19.8 Å². The summed E-state index contributed by atoms with van der Waals surface area (Å²) in [6.45, 7) is 8.88. The molecule has 1 heterocycles. The number of benzene rings is 1. The first-order valence-electron chi connectivity index (χ1n) is 6.86. The second-order valence-corrected chi connectivity index (χ2v) is 4.98. The predicted molar refractivity (Wildman–Crippen MR) is 76.7 cm³/mol. The molecule has 1 saturated heterocycles. The van der Waals surface area contributed by atoms with Gasteiger partial charge in [0.05, 0.1) is 19.3 Å². The molecule has 1 atom stereocenters. The minimum atomic E-state index is 0.108. The third-order valence-corrected chi connectivity index (χ3v) is 3.47. The number of aryl methyl sites for hydroxylation is 1. The van der Waals surface area contributed by atoms with Crippen LogP contribution in [0.3, 0.4) is 0 Å². The van der Waals surface area contributed by atoms with Crippen molar-refractivity contribution in [1.29, 1.82) is 0 Å². The smallest absolute Gasteiger partial charge is 0.254 e. The van der Waals surface area contributed by atoms with Crippen LogP contribution in [-0.2, 0) is 4.74 Å². The minimum absolute atomic E-state index is 0.108. The zero-order valence-electron chi connectivity index (χ0n) is 11.9. The van der Waals surface area contributed by atoms with Gasteiger partial charge in [0.25, 0.3) is 5.91 Å². The number of amides is 1. The van der Waals surface area contributed by atoms with Crippen LogP contribution in [0.4, 0.5) is 5.69 Å². The number of nitrogens with one attached hydrogen (secondary N) is 1. The van der Waals surface area contributed by atoms with Gasteiger partial charge in [0.15, 0.2) is 0 Å². The molecule has 1 N–H and O–H groups in total. The van der Waals surface area contributed by atoms with Crippen molar-refractivity contribution in [2.75, 3.05) is 31.6 Å². The molecule has 1 unspecified atom stereocenters. The molecule has 0 radical (unpaired) electrons. The van der Waals surface area contributed by atoms with E-state index >= 15 is 0 Å². The molecule has 1 aliphatic rings. The van der Waals surface area contributed by atoms with Crippen LogP contribution < -0.4 is 5.32 Å². The van der Waals surface area contributed by atoms with Crippen LogP contribution in [0.5, 0.6) is 0 Å². The Balaban J connectivity index is 2.18. The van der Waals surface area contributed by atoms with Crippen LogP contribution in [0.1, 0.15) is 29.8 Å². The predicted octanol–water partition coefficient (Wildman–Crippen LogP) is 2.29. The molecule has 4 nitrogen and oxygen atoms in total. The molecule has 4 heteroatoms. The van der Waals surface area contributed by atoms with Crippen LogP contribution >= 0.6 is 0 Å². The zero-order chi connectivity index (χ0) is 13.8.